The number of carbonyl (C=O) groups excluding carboxylic acids is 1. The molecule has 0 unspecified atom stereocenters. The van der Waals surface area contributed by atoms with Gasteiger partial charge >= 0.3 is 0 Å². The minimum atomic E-state index is -0.155. The molecular weight excluding hydrogens is 310 g/mol. The minimum Gasteiger partial charge on any atom is -0.313 e. The van der Waals surface area contributed by atoms with E-state index >= 15 is 0 Å². The molecule has 0 aliphatic carbocycles. The van der Waals surface area contributed by atoms with Gasteiger partial charge in [-0.05, 0) is 38.7 Å². The zero-order chi connectivity index (χ0) is 16.8. The number of benzene rings is 1. The third-order valence-corrected chi connectivity index (χ3v) is 4.25. The van der Waals surface area contributed by atoms with E-state index in [2.05, 4.69) is 9.97 Å². The zero-order valence-electron chi connectivity index (χ0n) is 13.6. The number of aromatic amines is 1. The molecular formula is C17H21N3O2S. The van der Waals surface area contributed by atoms with Crippen molar-refractivity contribution in [1.82, 2.24) is 9.97 Å². The lowest BCUT2D eigenvalue weighted by Gasteiger charge is -2.21. The van der Waals surface area contributed by atoms with Crippen LogP contribution < -0.4 is 10.5 Å². The van der Waals surface area contributed by atoms with Gasteiger partial charge in [0.15, 0.2) is 5.16 Å². The molecule has 23 heavy (non-hydrogen) atoms. The van der Waals surface area contributed by atoms with Gasteiger partial charge in [0.1, 0.15) is 0 Å². The summed E-state index contributed by atoms with van der Waals surface area (Å²) in [5.74, 6) is 0.00597. The molecule has 0 spiro atoms. The van der Waals surface area contributed by atoms with Crippen LogP contribution in [0.5, 0.6) is 0 Å². The monoisotopic (exact) mass is 331 g/mol. The Bertz CT molecular complexity index is 728. The summed E-state index contributed by atoms with van der Waals surface area (Å²) in [5, 5.41) is 0.599. The molecule has 0 saturated heterocycles. The summed E-state index contributed by atoms with van der Waals surface area (Å²) >= 11 is 1.39. The van der Waals surface area contributed by atoms with Gasteiger partial charge in [-0.1, -0.05) is 30.0 Å². The number of aryl methyl sites for hydroxylation is 1. The molecule has 6 heteroatoms. The van der Waals surface area contributed by atoms with E-state index in [0.717, 1.165) is 5.69 Å². The van der Waals surface area contributed by atoms with Crippen LogP contribution in [0.15, 0.2) is 40.3 Å². The highest BCUT2D eigenvalue weighted by Crippen LogP contribution is 2.15. The molecule has 0 fully saturated rings. The van der Waals surface area contributed by atoms with Crippen molar-refractivity contribution >= 4 is 23.4 Å². The third kappa shape index (κ3) is 4.22. The number of thioether (sulfide) groups is 1. The number of H-pyrrole nitrogens is 1. The average molecular weight is 331 g/mol. The van der Waals surface area contributed by atoms with Crippen LogP contribution in [-0.2, 0) is 11.2 Å². The minimum absolute atomic E-state index is 0.00597. The maximum absolute atomic E-state index is 12.5. The lowest BCUT2D eigenvalue weighted by Crippen LogP contribution is -2.31. The first-order valence-electron chi connectivity index (χ1n) is 7.56. The van der Waals surface area contributed by atoms with Crippen LogP contribution in [0.3, 0.4) is 0 Å². The van der Waals surface area contributed by atoms with Gasteiger partial charge in [-0.3, -0.25) is 9.59 Å². The van der Waals surface area contributed by atoms with Crippen molar-refractivity contribution in [2.24, 2.45) is 0 Å². The number of aromatic nitrogens is 2. The van der Waals surface area contributed by atoms with E-state index in [9.17, 15) is 9.59 Å². The van der Waals surface area contributed by atoms with E-state index in [1.807, 2.05) is 50.4 Å². The highest BCUT2D eigenvalue weighted by molar-refractivity contribution is 7.98. The first-order valence-corrected chi connectivity index (χ1v) is 8.78. The molecule has 122 valence electrons. The van der Waals surface area contributed by atoms with Gasteiger partial charge in [0.05, 0.1) is 0 Å². The number of anilines is 1. The normalized spacial score (nSPS) is 10.6. The molecule has 5 nitrogen and oxygen atoms in total. The van der Waals surface area contributed by atoms with Gasteiger partial charge in [0, 0.05) is 29.9 Å². The molecule has 1 amide bonds. The van der Waals surface area contributed by atoms with Crippen molar-refractivity contribution in [1.29, 1.82) is 0 Å². The fourth-order valence-corrected chi connectivity index (χ4v) is 2.88. The average Bonchev–Trinajstić information content (AvgIpc) is 2.55. The molecule has 0 aliphatic rings. The van der Waals surface area contributed by atoms with Gasteiger partial charge in [-0.25, -0.2) is 4.98 Å². The van der Waals surface area contributed by atoms with Crippen molar-refractivity contribution in [3.63, 3.8) is 0 Å². The second-order valence-electron chi connectivity index (χ2n) is 5.11. The number of hydrogen-bond donors (Lipinski definition) is 1. The summed E-state index contributed by atoms with van der Waals surface area (Å²) in [4.78, 5) is 33.4. The van der Waals surface area contributed by atoms with Crippen molar-refractivity contribution in [3.8, 4) is 0 Å². The molecule has 0 saturated carbocycles. The van der Waals surface area contributed by atoms with E-state index in [0.29, 0.717) is 29.4 Å². The maximum atomic E-state index is 12.5. The van der Waals surface area contributed by atoms with Gasteiger partial charge < -0.3 is 9.88 Å². The highest BCUT2D eigenvalue weighted by Gasteiger charge is 2.16. The number of hydrogen-bond acceptors (Lipinski definition) is 4. The molecule has 1 heterocycles. The summed E-state index contributed by atoms with van der Waals surface area (Å²) in [6.07, 6.45) is 2.54. The highest BCUT2D eigenvalue weighted by atomic mass is 32.2. The summed E-state index contributed by atoms with van der Waals surface area (Å²) in [7, 11) is 0. The second kappa shape index (κ2) is 7.97. The first kappa shape index (κ1) is 17.3. The van der Waals surface area contributed by atoms with Crippen LogP contribution in [0, 0.1) is 6.92 Å². The molecule has 0 radical (unpaired) electrons. The van der Waals surface area contributed by atoms with Crippen LogP contribution >= 0.6 is 11.8 Å². The first-order chi connectivity index (χ1) is 11.1. The van der Waals surface area contributed by atoms with Crippen molar-refractivity contribution in [2.75, 3.05) is 17.7 Å². The molecule has 2 aromatic rings. The predicted octanol–water partition coefficient (Wildman–Crippen LogP) is 2.79. The lowest BCUT2D eigenvalue weighted by molar-refractivity contribution is -0.118. The van der Waals surface area contributed by atoms with Crippen LogP contribution in [0.25, 0.3) is 0 Å². The van der Waals surface area contributed by atoms with E-state index in [4.69, 9.17) is 0 Å². The Kier molecular flexibility index (Phi) is 5.98. The summed E-state index contributed by atoms with van der Waals surface area (Å²) < 4.78 is 0. The second-order valence-corrected chi connectivity index (χ2v) is 5.91. The maximum Gasteiger partial charge on any atom is 0.254 e. The molecule has 0 bridgehead atoms. The smallest absolute Gasteiger partial charge is 0.254 e. The molecule has 1 aromatic heterocycles. The van der Waals surface area contributed by atoms with Crippen LogP contribution in [0.2, 0.25) is 0 Å². The van der Waals surface area contributed by atoms with E-state index < -0.39 is 0 Å². The SMILES string of the molecule is CCN(C(=O)CCc1c(C)nc(SC)[nH]c1=O)c1ccccc1. The summed E-state index contributed by atoms with van der Waals surface area (Å²) in [6, 6.07) is 9.56. The number of para-hydroxylation sites is 1. The number of nitrogens with zero attached hydrogens (tertiary/aromatic N) is 2. The van der Waals surface area contributed by atoms with Crippen LogP contribution in [0.4, 0.5) is 5.69 Å². The third-order valence-electron chi connectivity index (χ3n) is 3.67. The Labute approximate surface area is 140 Å². The van der Waals surface area contributed by atoms with Crippen LogP contribution in [-0.4, -0.2) is 28.7 Å². The summed E-state index contributed by atoms with van der Waals surface area (Å²) in [5.41, 5.74) is 1.99. The van der Waals surface area contributed by atoms with E-state index in [1.165, 1.54) is 11.8 Å². The molecule has 2 rings (SSSR count). The van der Waals surface area contributed by atoms with Gasteiger partial charge in [-0.2, -0.15) is 0 Å². The summed E-state index contributed by atoms with van der Waals surface area (Å²) in [6.45, 7) is 4.35. The lowest BCUT2D eigenvalue weighted by atomic mass is 10.1. The van der Waals surface area contributed by atoms with Crippen molar-refractivity contribution < 1.29 is 4.79 Å². The van der Waals surface area contributed by atoms with Crippen molar-refractivity contribution in [3.05, 3.63) is 51.9 Å². The predicted molar refractivity (Wildman–Crippen MR) is 94.2 cm³/mol. The van der Waals surface area contributed by atoms with Crippen LogP contribution in [0.1, 0.15) is 24.6 Å². The van der Waals surface area contributed by atoms with Gasteiger partial charge in [0.25, 0.3) is 5.56 Å². The fourth-order valence-electron chi connectivity index (χ4n) is 2.45. The van der Waals surface area contributed by atoms with E-state index in [1.54, 1.807) is 4.90 Å². The van der Waals surface area contributed by atoms with E-state index in [-0.39, 0.29) is 17.9 Å². The number of carbonyl (C=O) groups is 1. The molecule has 1 N–H and O–H groups in total. The van der Waals surface area contributed by atoms with Gasteiger partial charge in [-0.15, -0.1) is 0 Å². The largest absolute Gasteiger partial charge is 0.313 e. The Balaban J connectivity index is 2.11. The Hall–Kier alpha value is -2.08. The zero-order valence-corrected chi connectivity index (χ0v) is 14.4. The molecule has 0 atom stereocenters. The number of rotatable bonds is 6. The topological polar surface area (TPSA) is 66.1 Å². The van der Waals surface area contributed by atoms with Gasteiger partial charge in [0.2, 0.25) is 5.91 Å². The Morgan fingerprint density at radius 3 is 2.57 bits per heavy atom. The molecule has 1 aromatic carbocycles. The fraction of sp³-hybridized carbons (Fsp3) is 0.353. The number of nitrogens with one attached hydrogen (secondary N) is 1. The number of amides is 1. The molecule has 0 aliphatic heterocycles. The quantitative estimate of drug-likeness (QED) is 0.653. The Morgan fingerprint density at radius 2 is 2.00 bits per heavy atom. The standard InChI is InChI=1S/C17H21N3O2S/c1-4-20(13-8-6-5-7-9-13)15(21)11-10-14-12(2)18-17(23-3)19-16(14)22/h5-9H,4,10-11H2,1-3H3,(H,18,19,22). The van der Waals surface area contributed by atoms with Crippen molar-refractivity contribution in [2.45, 2.75) is 31.8 Å². The Morgan fingerprint density at radius 1 is 1.30 bits per heavy atom.